The first-order valence-corrected chi connectivity index (χ1v) is 11.8. The maximum absolute atomic E-state index is 14.9. The van der Waals surface area contributed by atoms with Crippen molar-refractivity contribution in [1.29, 1.82) is 0 Å². The van der Waals surface area contributed by atoms with Gasteiger partial charge in [0.05, 0.1) is 22.3 Å². The molecule has 3 aromatic rings. The van der Waals surface area contributed by atoms with E-state index in [0.717, 1.165) is 5.56 Å². The molecule has 4 rings (SSSR count). The average molecular weight is 459 g/mol. The second kappa shape index (κ2) is 7.30. The van der Waals surface area contributed by atoms with Gasteiger partial charge in [-0.25, -0.2) is 27.2 Å². The van der Waals surface area contributed by atoms with E-state index in [1.807, 2.05) is 0 Å². The van der Waals surface area contributed by atoms with Gasteiger partial charge in [0, 0.05) is 12.0 Å². The number of halogens is 2. The standard InChI is InChI=1S/C23H24F2N4O2S/c1-13-7-17(25)20-18(8-13)27-12-28-19(20)10-14-5-6-16(24)15(9-14)23(4)11-32(30,31)22(2,3)21(26)29-23/h5-9,12H,10-11H2,1-4H3,(H2,26,29)/t23-/m0/s1. The fourth-order valence-corrected chi connectivity index (χ4v) is 5.72. The number of hydrogen-bond acceptors (Lipinski definition) is 6. The van der Waals surface area contributed by atoms with Crippen LogP contribution in [0.2, 0.25) is 0 Å². The molecular weight excluding hydrogens is 434 g/mol. The predicted molar refractivity (Wildman–Crippen MR) is 120 cm³/mol. The van der Waals surface area contributed by atoms with E-state index >= 15 is 0 Å². The van der Waals surface area contributed by atoms with Gasteiger partial charge in [0.15, 0.2) is 9.84 Å². The van der Waals surface area contributed by atoms with Crippen LogP contribution < -0.4 is 5.73 Å². The molecule has 1 aliphatic heterocycles. The van der Waals surface area contributed by atoms with E-state index in [9.17, 15) is 17.2 Å². The maximum atomic E-state index is 14.9. The van der Waals surface area contributed by atoms with E-state index in [4.69, 9.17) is 5.73 Å². The second-order valence-electron chi connectivity index (χ2n) is 8.99. The number of benzene rings is 2. The lowest BCUT2D eigenvalue weighted by atomic mass is 9.90. The third-order valence-corrected chi connectivity index (χ3v) is 8.83. The molecule has 0 aliphatic carbocycles. The first-order chi connectivity index (χ1) is 14.8. The summed E-state index contributed by atoms with van der Waals surface area (Å²) in [6, 6.07) is 7.57. The molecule has 1 aromatic heterocycles. The number of aliphatic imine (C=N–C) groups is 1. The van der Waals surface area contributed by atoms with Crippen molar-refractivity contribution in [2.75, 3.05) is 5.75 Å². The third-order valence-electron chi connectivity index (χ3n) is 6.13. The lowest BCUT2D eigenvalue weighted by molar-refractivity contribution is 0.475. The molecule has 0 amide bonds. The van der Waals surface area contributed by atoms with Crippen LogP contribution in [0.15, 0.2) is 41.7 Å². The van der Waals surface area contributed by atoms with Crippen molar-refractivity contribution < 1.29 is 17.2 Å². The normalized spacial score (nSPS) is 22.0. The quantitative estimate of drug-likeness (QED) is 0.647. The molecule has 2 N–H and O–H groups in total. The lowest BCUT2D eigenvalue weighted by Crippen LogP contribution is -2.55. The maximum Gasteiger partial charge on any atom is 0.165 e. The number of amidine groups is 1. The van der Waals surface area contributed by atoms with E-state index in [0.29, 0.717) is 22.2 Å². The molecule has 9 heteroatoms. The molecular formula is C23H24F2N4O2S. The van der Waals surface area contributed by atoms with Gasteiger partial charge in [0.2, 0.25) is 0 Å². The molecule has 0 bridgehead atoms. The molecule has 0 spiro atoms. The van der Waals surface area contributed by atoms with Gasteiger partial charge in [-0.2, -0.15) is 0 Å². The van der Waals surface area contributed by atoms with Gasteiger partial charge in [-0.05, 0) is 57.0 Å². The highest BCUT2D eigenvalue weighted by molar-refractivity contribution is 7.93. The molecule has 0 radical (unpaired) electrons. The van der Waals surface area contributed by atoms with Crippen molar-refractivity contribution in [3.8, 4) is 0 Å². The lowest BCUT2D eigenvalue weighted by Gasteiger charge is -2.38. The van der Waals surface area contributed by atoms with E-state index in [1.165, 1.54) is 32.3 Å². The summed E-state index contributed by atoms with van der Waals surface area (Å²) in [5, 5.41) is 0.305. The summed E-state index contributed by atoms with van der Waals surface area (Å²) in [7, 11) is -3.69. The van der Waals surface area contributed by atoms with Gasteiger partial charge in [-0.1, -0.05) is 12.1 Å². The minimum atomic E-state index is -3.69. The summed E-state index contributed by atoms with van der Waals surface area (Å²) in [6.07, 6.45) is 1.57. The Balaban J connectivity index is 1.80. The van der Waals surface area contributed by atoms with Crippen LogP contribution >= 0.6 is 0 Å². The van der Waals surface area contributed by atoms with Crippen molar-refractivity contribution in [1.82, 2.24) is 9.97 Å². The fourth-order valence-electron chi connectivity index (χ4n) is 4.04. The molecule has 2 heterocycles. The largest absolute Gasteiger partial charge is 0.386 e. The first kappa shape index (κ1) is 22.3. The van der Waals surface area contributed by atoms with Gasteiger partial charge in [0.25, 0.3) is 0 Å². The van der Waals surface area contributed by atoms with Crippen molar-refractivity contribution in [2.45, 2.75) is 44.4 Å². The van der Waals surface area contributed by atoms with Crippen molar-refractivity contribution in [3.05, 3.63) is 70.7 Å². The van der Waals surface area contributed by atoms with Crippen LogP contribution in [0.1, 0.15) is 43.2 Å². The summed E-state index contributed by atoms with van der Waals surface area (Å²) >= 11 is 0. The van der Waals surface area contributed by atoms with Crippen LogP contribution in [0, 0.1) is 18.6 Å². The Morgan fingerprint density at radius 1 is 1.06 bits per heavy atom. The summed E-state index contributed by atoms with van der Waals surface area (Å²) in [5.41, 5.74) is 7.05. The number of nitrogens with zero attached hydrogens (tertiary/aromatic N) is 3. The zero-order valence-electron chi connectivity index (χ0n) is 18.3. The Morgan fingerprint density at radius 3 is 2.47 bits per heavy atom. The van der Waals surface area contributed by atoms with Gasteiger partial charge in [-0.3, -0.25) is 4.99 Å². The Morgan fingerprint density at radius 2 is 1.78 bits per heavy atom. The minimum Gasteiger partial charge on any atom is -0.386 e. The van der Waals surface area contributed by atoms with E-state index in [1.54, 1.807) is 32.0 Å². The molecule has 1 atom stereocenters. The molecule has 1 aliphatic rings. The summed E-state index contributed by atoms with van der Waals surface area (Å²) in [4.78, 5) is 12.8. The number of nitrogens with two attached hydrogens (primary N) is 1. The second-order valence-corrected chi connectivity index (χ2v) is 11.5. The Hall–Kier alpha value is -2.94. The summed E-state index contributed by atoms with van der Waals surface area (Å²) < 4.78 is 53.9. The van der Waals surface area contributed by atoms with Gasteiger partial charge in [-0.15, -0.1) is 0 Å². The zero-order valence-corrected chi connectivity index (χ0v) is 19.1. The van der Waals surface area contributed by atoms with E-state index in [-0.39, 0.29) is 23.6 Å². The average Bonchev–Trinajstić information content (AvgIpc) is 2.67. The Labute approximate surface area is 185 Å². The number of fused-ring (bicyclic) bond motifs is 1. The fraction of sp³-hybridized carbons (Fsp3) is 0.348. The highest BCUT2D eigenvalue weighted by Gasteiger charge is 2.49. The first-order valence-electron chi connectivity index (χ1n) is 10.1. The Bertz CT molecular complexity index is 1390. The number of hydrogen-bond donors (Lipinski definition) is 1. The molecule has 0 saturated carbocycles. The van der Waals surface area contributed by atoms with Crippen molar-refractivity contribution in [3.63, 3.8) is 0 Å². The highest BCUT2D eigenvalue weighted by Crippen LogP contribution is 2.38. The van der Waals surface area contributed by atoms with Crippen molar-refractivity contribution >= 4 is 26.6 Å². The number of rotatable bonds is 3. The molecule has 0 saturated heterocycles. The van der Waals surface area contributed by atoms with Gasteiger partial charge >= 0.3 is 0 Å². The van der Waals surface area contributed by atoms with Crippen molar-refractivity contribution in [2.24, 2.45) is 10.7 Å². The summed E-state index contributed by atoms with van der Waals surface area (Å²) in [5.74, 6) is -1.45. The molecule has 2 aromatic carbocycles. The van der Waals surface area contributed by atoms with Crippen LogP contribution in [0.25, 0.3) is 10.9 Å². The number of aryl methyl sites for hydroxylation is 1. The predicted octanol–water partition coefficient (Wildman–Crippen LogP) is 3.59. The number of sulfone groups is 1. The smallest absolute Gasteiger partial charge is 0.165 e. The number of aromatic nitrogens is 2. The van der Waals surface area contributed by atoms with Crippen LogP contribution in [0.4, 0.5) is 8.78 Å². The molecule has 6 nitrogen and oxygen atoms in total. The third kappa shape index (κ3) is 3.54. The molecule has 168 valence electrons. The Kier molecular flexibility index (Phi) is 5.08. The van der Waals surface area contributed by atoms with Gasteiger partial charge in [0.1, 0.15) is 34.1 Å². The van der Waals surface area contributed by atoms with E-state index < -0.39 is 31.8 Å². The van der Waals surface area contributed by atoms with Crippen LogP contribution in [0.5, 0.6) is 0 Å². The van der Waals surface area contributed by atoms with Crippen LogP contribution in [-0.4, -0.2) is 34.7 Å². The molecule has 0 unspecified atom stereocenters. The zero-order chi connectivity index (χ0) is 23.5. The van der Waals surface area contributed by atoms with Crippen LogP contribution in [0.3, 0.4) is 0 Å². The molecule has 0 fully saturated rings. The SMILES string of the molecule is Cc1cc(F)c2c(Cc3ccc(F)c([C@]4(C)CS(=O)(=O)C(C)(C)C(N)=N4)c3)ncnc2c1. The molecule has 32 heavy (non-hydrogen) atoms. The van der Waals surface area contributed by atoms with E-state index in [2.05, 4.69) is 15.0 Å². The van der Waals surface area contributed by atoms with Crippen LogP contribution in [-0.2, 0) is 21.8 Å². The monoisotopic (exact) mass is 458 g/mol. The topological polar surface area (TPSA) is 98.3 Å². The van der Waals surface area contributed by atoms with Gasteiger partial charge < -0.3 is 5.73 Å². The summed E-state index contributed by atoms with van der Waals surface area (Å²) in [6.45, 7) is 6.31. The minimum absolute atomic E-state index is 0.0599. The highest BCUT2D eigenvalue weighted by atomic mass is 32.2.